The number of hydrogen-bond acceptors (Lipinski definition) is 6. The fourth-order valence-electron chi connectivity index (χ4n) is 2.41. The zero-order valence-electron chi connectivity index (χ0n) is 15.0. The van der Waals surface area contributed by atoms with Crippen molar-refractivity contribution in [3.8, 4) is 0 Å². The molecular weight excluding hydrogens is 340 g/mol. The summed E-state index contributed by atoms with van der Waals surface area (Å²) >= 11 is 0. The average Bonchev–Trinajstić information content (AvgIpc) is 3.19. The number of aromatic nitrogens is 2. The van der Waals surface area contributed by atoms with E-state index in [0.29, 0.717) is 12.2 Å². The molecule has 0 unspecified atom stereocenters. The van der Waals surface area contributed by atoms with Gasteiger partial charge in [-0.15, -0.1) is 0 Å². The van der Waals surface area contributed by atoms with Gasteiger partial charge in [-0.3, -0.25) is 19.6 Å². The Morgan fingerprint density at radius 1 is 1.31 bits per heavy atom. The summed E-state index contributed by atoms with van der Waals surface area (Å²) in [4.78, 5) is 34.9. The van der Waals surface area contributed by atoms with Crippen LogP contribution in [-0.2, 0) is 34.3 Å². The van der Waals surface area contributed by atoms with Crippen molar-refractivity contribution in [1.82, 2.24) is 20.4 Å². The molecule has 0 spiro atoms. The Hall–Kier alpha value is -3.10. The highest BCUT2D eigenvalue weighted by molar-refractivity contribution is 5.95. The van der Waals surface area contributed by atoms with Crippen LogP contribution in [0.1, 0.15) is 29.1 Å². The normalized spacial score (nSPS) is 10.4. The number of urea groups is 1. The minimum absolute atomic E-state index is 0.130. The Morgan fingerprint density at radius 3 is 2.69 bits per heavy atom. The molecule has 0 aromatic carbocycles. The standard InChI is InChI=1S/C17H22N4O5/c1-11-14(12(2)21(3)20-11)6-7-16(23)26-10-15(22)19-17(24)18-9-13-5-4-8-25-13/h4-5,8H,6-7,9-10H2,1-3H3,(H2,18,19,22,24). The maximum absolute atomic E-state index is 11.8. The summed E-state index contributed by atoms with van der Waals surface area (Å²) in [5, 5.41) is 8.80. The number of carbonyl (C=O) groups excluding carboxylic acids is 3. The quantitative estimate of drug-likeness (QED) is 0.714. The average molecular weight is 362 g/mol. The lowest BCUT2D eigenvalue weighted by atomic mass is 10.1. The third kappa shape index (κ3) is 5.47. The lowest BCUT2D eigenvalue weighted by molar-refractivity contribution is -0.148. The van der Waals surface area contributed by atoms with Gasteiger partial charge in [0.2, 0.25) is 0 Å². The number of rotatable bonds is 7. The molecule has 0 radical (unpaired) electrons. The summed E-state index contributed by atoms with van der Waals surface area (Å²) in [6.07, 6.45) is 2.09. The highest BCUT2D eigenvalue weighted by Crippen LogP contribution is 2.14. The third-order valence-corrected chi connectivity index (χ3v) is 3.86. The van der Waals surface area contributed by atoms with Crippen LogP contribution in [0.4, 0.5) is 4.79 Å². The number of ether oxygens (including phenoxy) is 1. The Bertz CT molecular complexity index is 779. The van der Waals surface area contributed by atoms with Crippen LogP contribution in [0.3, 0.4) is 0 Å². The van der Waals surface area contributed by atoms with Gasteiger partial charge in [-0.1, -0.05) is 0 Å². The Labute approximate surface area is 150 Å². The van der Waals surface area contributed by atoms with Crippen LogP contribution in [0.5, 0.6) is 0 Å². The van der Waals surface area contributed by atoms with E-state index in [1.807, 2.05) is 20.9 Å². The summed E-state index contributed by atoms with van der Waals surface area (Å²) in [5.41, 5.74) is 2.84. The van der Waals surface area contributed by atoms with E-state index in [1.165, 1.54) is 6.26 Å². The van der Waals surface area contributed by atoms with E-state index in [-0.39, 0.29) is 13.0 Å². The van der Waals surface area contributed by atoms with Crippen molar-refractivity contribution in [1.29, 1.82) is 0 Å². The fourth-order valence-corrected chi connectivity index (χ4v) is 2.41. The van der Waals surface area contributed by atoms with Crippen LogP contribution in [-0.4, -0.2) is 34.3 Å². The largest absolute Gasteiger partial charge is 0.467 e. The maximum Gasteiger partial charge on any atom is 0.321 e. The second kappa shape index (κ2) is 8.84. The van der Waals surface area contributed by atoms with Gasteiger partial charge in [0.05, 0.1) is 18.5 Å². The molecule has 2 aromatic rings. The zero-order chi connectivity index (χ0) is 19.1. The van der Waals surface area contributed by atoms with Gasteiger partial charge in [-0.25, -0.2) is 4.79 Å². The van der Waals surface area contributed by atoms with E-state index in [0.717, 1.165) is 17.0 Å². The van der Waals surface area contributed by atoms with Crippen molar-refractivity contribution in [3.05, 3.63) is 41.1 Å². The van der Waals surface area contributed by atoms with Gasteiger partial charge in [0, 0.05) is 19.2 Å². The topological polar surface area (TPSA) is 115 Å². The maximum atomic E-state index is 11.8. The molecule has 140 valence electrons. The predicted molar refractivity (Wildman–Crippen MR) is 91.0 cm³/mol. The van der Waals surface area contributed by atoms with Gasteiger partial charge in [-0.05, 0) is 38.0 Å². The van der Waals surface area contributed by atoms with Crippen LogP contribution in [0.25, 0.3) is 0 Å². The number of nitrogens with zero attached hydrogens (tertiary/aromatic N) is 2. The number of hydrogen-bond donors (Lipinski definition) is 2. The number of imide groups is 1. The molecule has 9 heteroatoms. The highest BCUT2D eigenvalue weighted by atomic mass is 16.5. The van der Waals surface area contributed by atoms with Crippen molar-refractivity contribution in [2.75, 3.05) is 6.61 Å². The molecule has 2 N–H and O–H groups in total. The van der Waals surface area contributed by atoms with Gasteiger partial charge < -0.3 is 14.5 Å². The van der Waals surface area contributed by atoms with Gasteiger partial charge in [0.25, 0.3) is 5.91 Å². The lowest BCUT2D eigenvalue weighted by Gasteiger charge is -2.07. The van der Waals surface area contributed by atoms with Gasteiger partial charge >= 0.3 is 12.0 Å². The number of esters is 1. The summed E-state index contributed by atoms with van der Waals surface area (Å²) in [6.45, 7) is 3.44. The molecule has 2 aromatic heterocycles. The smallest absolute Gasteiger partial charge is 0.321 e. The van der Waals surface area contributed by atoms with E-state index in [9.17, 15) is 14.4 Å². The summed E-state index contributed by atoms with van der Waals surface area (Å²) < 4.78 is 11.7. The molecule has 0 saturated carbocycles. The first-order chi connectivity index (χ1) is 12.4. The number of aryl methyl sites for hydroxylation is 2. The molecule has 0 atom stereocenters. The van der Waals surface area contributed by atoms with Gasteiger partial charge in [0.1, 0.15) is 5.76 Å². The minimum atomic E-state index is -0.705. The van der Waals surface area contributed by atoms with Crippen LogP contribution in [0.15, 0.2) is 22.8 Å². The molecular formula is C17H22N4O5. The van der Waals surface area contributed by atoms with Gasteiger partial charge in [-0.2, -0.15) is 5.10 Å². The molecule has 0 bridgehead atoms. The van der Waals surface area contributed by atoms with Crippen LogP contribution < -0.4 is 10.6 Å². The molecule has 9 nitrogen and oxygen atoms in total. The zero-order valence-corrected chi connectivity index (χ0v) is 15.0. The molecule has 0 aliphatic carbocycles. The first kappa shape index (κ1) is 19.2. The molecule has 2 rings (SSSR count). The SMILES string of the molecule is Cc1nn(C)c(C)c1CCC(=O)OCC(=O)NC(=O)NCc1ccco1. The lowest BCUT2D eigenvalue weighted by Crippen LogP contribution is -2.41. The summed E-state index contributed by atoms with van der Waals surface area (Å²) in [7, 11) is 1.84. The number of amides is 3. The van der Waals surface area contributed by atoms with E-state index in [1.54, 1.807) is 16.8 Å². The molecule has 2 heterocycles. The second-order valence-corrected chi connectivity index (χ2v) is 5.74. The van der Waals surface area contributed by atoms with Crippen molar-refractivity contribution < 1.29 is 23.5 Å². The van der Waals surface area contributed by atoms with Crippen LogP contribution >= 0.6 is 0 Å². The van der Waals surface area contributed by atoms with E-state index >= 15 is 0 Å². The Kier molecular flexibility index (Phi) is 6.54. The Morgan fingerprint density at radius 2 is 2.08 bits per heavy atom. The van der Waals surface area contributed by atoms with Crippen molar-refractivity contribution >= 4 is 17.9 Å². The molecule has 0 aliphatic rings. The van der Waals surface area contributed by atoms with Crippen molar-refractivity contribution in [2.45, 2.75) is 33.2 Å². The number of carbonyl (C=O) groups is 3. The van der Waals surface area contributed by atoms with Crippen LogP contribution in [0.2, 0.25) is 0 Å². The third-order valence-electron chi connectivity index (χ3n) is 3.86. The van der Waals surface area contributed by atoms with Crippen molar-refractivity contribution in [3.63, 3.8) is 0 Å². The van der Waals surface area contributed by atoms with Crippen molar-refractivity contribution in [2.24, 2.45) is 7.05 Å². The minimum Gasteiger partial charge on any atom is -0.467 e. The second-order valence-electron chi connectivity index (χ2n) is 5.74. The molecule has 3 amide bonds. The predicted octanol–water partition coefficient (Wildman–Crippen LogP) is 1.13. The van der Waals surface area contributed by atoms with Gasteiger partial charge in [0.15, 0.2) is 6.61 Å². The number of nitrogens with one attached hydrogen (secondary N) is 2. The van der Waals surface area contributed by atoms with E-state index in [2.05, 4.69) is 15.7 Å². The Balaban J connectivity index is 1.66. The molecule has 0 saturated heterocycles. The van der Waals surface area contributed by atoms with Crippen LogP contribution in [0, 0.1) is 13.8 Å². The molecule has 0 fully saturated rings. The van der Waals surface area contributed by atoms with E-state index < -0.39 is 24.5 Å². The van der Waals surface area contributed by atoms with E-state index in [4.69, 9.17) is 9.15 Å². The fraction of sp³-hybridized carbons (Fsp3) is 0.412. The molecule has 26 heavy (non-hydrogen) atoms. The number of furan rings is 1. The molecule has 0 aliphatic heterocycles. The first-order valence-electron chi connectivity index (χ1n) is 8.11. The first-order valence-corrected chi connectivity index (χ1v) is 8.11. The highest BCUT2D eigenvalue weighted by Gasteiger charge is 2.14. The summed E-state index contributed by atoms with van der Waals surface area (Å²) in [5.74, 6) is -0.664. The summed E-state index contributed by atoms with van der Waals surface area (Å²) in [6, 6.07) is 2.69. The monoisotopic (exact) mass is 362 g/mol.